The van der Waals surface area contributed by atoms with Crippen molar-refractivity contribution in [3.05, 3.63) is 29.8 Å². The van der Waals surface area contributed by atoms with E-state index in [2.05, 4.69) is 5.32 Å². The minimum absolute atomic E-state index is 0.0725. The van der Waals surface area contributed by atoms with E-state index in [1.54, 1.807) is 12.0 Å². The van der Waals surface area contributed by atoms with Crippen LogP contribution in [-0.2, 0) is 16.0 Å². The van der Waals surface area contributed by atoms with Crippen LogP contribution in [0.25, 0.3) is 0 Å². The van der Waals surface area contributed by atoms with E-state index in [9.17, 15) is 9.59 Å². The van der Waals surface area contributed by atoms with Crippen molar-refractivity contribution < 1.29 is 14.3 Å². The fourth-order valence-electron chi connectivity index (χ4n) is 2.09. The highest BCUT2D eigenvalue weighted by molar-refractivity contribution is 5.83. The summed E-state index contributed by atoms with van der Waals surface area (Å²) < 4.78 is 5.27. The summed E-state index contributed by atoms with van der Waals surface area (Å²) in [6.07, 6.45) is 1.54. The number of benzene rings is 1. The molecular formula is C16H24N2O3. The molecule has 0 saturated heterocycles. The molecule has 0 atom stereocenters. The molecule has 0 aromatic heterocycles. The minimum Gasteiger partial charge on any atom is -0.496 e. The fraction of sp³-hybridized carbons (Fsp3) is 0.500. The van der Waals surface area contributed by atoms with Crippen LogP contribution in [0.1, 0.15) is 25.8 Å². The molecule has 0 spiro atoms. The predicted molar refractivity (Wildman–Crippen MR) is 82.3 cm³/mol. The number of carbonyl (C=O) groups is 2. The van der Waals surface area contributed by atoms with Crippen LogP contribution in [0, 0.1) is 0 Å². The average molecular weight is 292 g/mol. The Morgan fingerprint density at radius 3 is 2.62 bits per heavy atom. The van der Waals surface area contributed by atoms with Crippen LogP contribution in [0.15, 0.2) is 24.3 Å². The molecular weight excluding hydrogens is 268 g/mol. The Hall–Kier alpha value is -2.04. The summed E-state index contributed by atoms with van der Waals surface area (Å²) in [5.41, 5.74) is 1.05. The molecule has 5 heteroatoms. The molecule has 0 radical (unpaired) electrons. The number of hydrogen-bond acceptors (Lipinski definition) is 3. The maximum Gasteiger partial charge on any atom is 0.239 e. The molecule has 2 amide bonds. The number of methoxy groups -OCH3 is 1. The van der Waals surface area contributed by atoms with Gasteiger partial charge in [0.1, 0.15) is 5.75 Å². The predicted octanol–water partition coefficient (Wildman–Crippen LogP) is 1.61. The Balaban J connectivity index is 2.41. The molecule has 1 aromatic carbocycles. The molecule has 0 heterocycles. The van der Waals surface area contributed by atoms with Gasteiger partial charge in [-0.15, -0.1) is 0 Å². The van der Waals surface area contributed by atoms with Gasteiger partial charge in [0.25, 0.3) is 0 Å². The third-order valence-electron chi connectivity index (χ3n) is 3.18. The van der Waals surface area contributed by atoms with Crippen LogP contribution < -0.4 is 10.1 Å². The number of para-hydroxylation sites is 1. The molecule has 1 N–H and O–H groups in total. The van der Waals surface area contributed by atoms with Crippen LogP contribution in [0.4, 0.5) is 0 Å². The molecule has 0 aliphatic carbocycles. The van der Waals surface area contributed by atoms with Gasteiger partial charge in [-0.1, -0.05) is 25.1 Å². The van der Waals surface area contributed by atoms with Crippen molar-refractivity contribution in [1.29, 1.82) is 0 Å². The zero-order chi connectivity index (χ0) is 15.7. The number of amides is 2. The lowest BCUT2D eigenvalue weighted by Crippen LogP contribution is -2.40. The van der Waals surface area contributed by atoms with Crippen molar-refractivity contribution in [2.24, 2.45) is 0 Å². The lowest BCUT2D eigenvalue weighted by Gasteiger charge is -2.19. The first kappa shape index (κ1) is 17.0. The van der Waals surface area contributed by atoms with Gasteiger partial charge in [0.05, 0.1) is 13.7 Å². The van der Waals surface area contributed by atoms with E-state index < -0.39 is 0 Å². The SMILES string of the molecule is CCCN(CC(=O)NCCc1ccccc1OC)C(C)=O. The quantitative estimate of drug-likeness (QED) is 0.792. The van der Waals surface area contributed by atoms with E-state index in [0.29, 0.717) is 19.5 Å². The first-order valence-corrected chi connectivity index (χ1v) is 7.22. The Morgan fingerprint density at radius 2 is 2.00 bits per heavy atom. The highest BCUT2D eigenvalue weighted by atomic mass is 16.5. The second-order valence-corrected chi connectivity index (χ2v) is 4.85. The molecule has 1 aromatic rings. The van der Waals surface area contributed by atoms with Gasteiger partial charge in [0.15, 0.2) is 0 Å². The molecule has 0 aliphatic rings. The Morgan fingerprint density at radius 1 is 1.29 bits per heavy atom. The van der Waals surface area contributed by atoms with Crippen molar-refractivity contribution in [3.8, 4) is 5.75 Å². The fourth-order valence-corrected chi connectivity index (χ4v) is 2.09. The third kappa shape index (κ3) is 5.85. The van der Waals surface area contributed by atoms with Gasteiger partial charge in [0.2, 0.25) is 11.8 Å². The number of nitrogens with zero attached hydrogens (tertiary/aromatic N) is 1. The normalized spacial score (nSPS) is 10.0. The van der Waals surface area contributed by atoms with Crippen LogP contribution in [0.2, 0.25) is 0 Å². The van der Waals surface area contributed by atoms with Crippen molar-refractivity contribution in [2.45, 2.75) is 26.7 Å². The highest BCUT2D eigenvalue weighted by Crippen LogP contribution is 2.17. The molecule has 5 nitrogen and oxygen atoms in total. The monoisotopic (exact) mass is 292 g/mol. The zero-order valence-corrected chi connectivity index (χ0v) is 13.0. The molecule has 0 saturated carbocycles. The van der Waals surface area contributed by atoms with Crippen molar-refractivity contribution in [1.82, 2.24) is 10.2 Å². The van der Waals surface area contributed by atoms with Gasteiger partial charge in [0, 0.05) is 20.0 Å². The largest absolute Gasteiger partial charge is 0.496 e. The second kappa shape index (κ2) is 9.00. The van der Waals surface area contributed by atoms with Gasteiger partial charge >= 0.3 is 0 Å². The van der Waals surface area contributed by atoms with Crippen LogP contribution >= 0.6 is 0 Å². The molecule has 1 rings (SSSR count). The van der Waals surface area contributed by atoms with Crippen LogP contribution in [0.3, 0.4) is 0 Å². The number of ether oxygens (including phenoxy) is 1. The van der Waals surface area contributed by atoms with E-state index in [1.165, 1.54) is 6.92 Å². The van der Waals surface area contributed by atoms with Crippen LogP contribution in [0.5, 0.6) is 5.75 Å². The Labute approximate surface area is 126 Å². The molecule has 0 bridgehead atoms. The topological polar surface area (TPSA) is 58.6 Å². The van der Waals surface area contributed by atoms with E-state index >= 15 is 0 Å². The van der Waals surface area contributed by atoms with Crippen molar-refractivity contribution in [3.63, 3.8) is 0 Å². The second-order valence-electron chi connectivity index (χ2n) is 4.85. The van der Waals surface area contributed by atoms with E-state index in [0.717, 1.165) is 17.7 Å². The number of carbonyl (C=O) groups excluding carboxylic acids is 2. The van der Waals surface area contributed by atoms with Gasteiger partial charge < -0.3 is 15.0 Å². The molecule has 0 aliphatic heterocycles. The minimum atomic E-state index is -0.131. The van der Waals surface area contributed by atoms with E-state index in [4.69, 9.17) is 4.74 Å². The summed E-state index contributed by atoms with van der Waals surface area (Å²) in [4.78, 5) is 24.8. The Kier molecular flexibility index (Phi) is 7.29. The number of hydrogen-bond donors (Lipinski definition) is 1. The maximum atomic E-state index is 11.8. The molecule has 21 heavy (non-hydrogen) atoms. The van der Waals surface area contributed by atoms with Gasteiger partial charge in [-0.25, -0.2) is 0 Å². The van der Waals surface area contributed by atoms with Gasteiger partial charge in [-0.2, -0.15) is 0 Å². The first-order chi connectivity index (χ1) is 10.1. The maximum absolute atomic E-state index is 11.8. The average Bonchev–Trinajstić information content (AvgIpc) is 2.47. The summed E-state index contributed by atoms with van der Waals surface area (Å²) >= 11 is 0. The van der Waals surface area contributed by atoms with Crippen LogP contribution in [-0.4, -0.2) is 43.5 Å². The van der Waals surface area contributed by atoms with E-state index in [-0.39, 0.29) is 18.4 Å². The third-order valence-corrected chi connectivity index (χ3v) is 3.18. The summed E-state index contributed by atoms with van der Waals surface area (Å²) in [6, 6.07) is 7.73. The number of rotatable bonds is 8. The highest BCUT2D eigenvalue weighted by Gasteiger charge is 2.12. The van der Waals surface area contributed by atoms with Gasteiger partial charge in [-0.3, -0.25) is 9.59 Å². The van der Waals surface area contributed by atoms with Crippen molar-refractivity contribution in [2.75, 3.05) is 26.7 Å². The standard InChI is InChI=1S/C16H24N2O3/c1-4-11-18(13(2)19)12-16(20)17-10-9-14-7-5-6-8-15(14)21-3/h5-8H,4,9-12H2,1-3H3,(H,17,20). The summed E-state index contributed by atoms with van der Waals surface area (Å²) in [5.74, 6) is 0.619. The van der Waals surface area contributed by atoms with Gasteiger partial charge in [-0.05, 0) is 24.5 Å². The number of nitrogens with one attached hydrogen (secondary N) is 1. The summed E-state index contributed by atoms with van der Waals surface area (Å²) in [6.45, 7) is 4.72. The molecule has 116 valence electrons. The summed E-state index contributed by atoms with van der Waals surface area (Å²) in [7, 11) is 1.63. The van der Waals surface area contributed by atoms with Crippen molar-refractivity contribution >= 4 is 11.8 Å². The lowest BCUT2D eigenvalue weighted by atomic mass is 10.1. The molecule has 0 fully saturated rings. The smallest absolute Gasteiger partial charge is 0.239 e. The molecule has 0 unspecified atom stereocenters. The zero-order valence-electron chi connectivity index (χ0n) is 13.0. The Bertz CT molecular complexity index is 474. The summed E-state index contributed by atoms with van der Waals surface area (Å²) in [5, 5.41) is 2.84. The first-order valence-electron chi connectivity index (χ1n) is 7.22. The van der Waals surface area contributed by atoms with E-state index in [1.807, 2.05) is 31.2 Å². The lowest BCUT2D eigenvalue weighted by molar-refractivity contribution is -0.134.